The number of ketones is 1. The third kappa shape index (κ3) is 1.03. The first-order valence-corrected chi connectivity index (χ1v) is 3.74. The average Bonchev–Trinajstić information content (AvgIpc) is 2.16. The first-order chi connectivity index (χ1) is 6.17. The minimum atomic E-state index is -1.35. The van der Waals surface area contributed by atoms with Crippen LogP contribution in [0.4, 0.5) is 0 Å². The third-order valence-electron chi connectivity index (χ3n) is 2.07. The Kier molecular flexibility index (Phi) is 2.54. The molecule has 0 aliphatic heterocycles. The van der Waals surface area contributed by atoms with E-state index in [2.05, 4.69) is 6.58 Å². The first-order valence-electron chi connectivity index (χ1n) is 3.74. The summed E-state index contributed by atoms with van der Waals surface area (Å²) in [7, 11) is 4.23. The van der Waals surface area contributed by atoms with Gasteiger partial charge in [-0.25, -0.2) is 0 Å². The van der Waals surface area contributed by atoms with E-state index in [0.717, 1.165) is 0 Å². The lowest BCUT2D eigenvalue weighted by Crippen LogP contribution is -2.54. The van der Waals surface area contributed by atoms with Gasteiger partial charge >= 0.3 is 0 Å². The van der Waals surface area contributed by atoms with E-state index >= 15 is 0 Å². The topological polar surface area (TPSA) is 44.8 Å². The summed E-state index contributed by atoms with van der Waals surface area (Å²) < 4.78 is 14.9. The summed E-state index contributed by atoms with van der Waals surface area (Å²) in [5.41, 5.74) is 0.409. The Labute approximate surface area is 76.8 Å². The molecule has 0 aromatic heterocycles. The van der Waals surface area contributed by atoms with Gasteiger partial charge in [0, 0.05) is 14.2 Å². The molecule has 1 rings (SSSR count). The van der Waals surface area contributed by atoms with Gasteiger partial charge in [0.1, 0.15) is 0 Å². The van der Waals surface area contributed by atoms with Crippen molar-refractivity contribution in [1.82, 2.24) is 0 Å². The van der Waals surface area contributed by atoms with Crippen LogP contribution in [-0.2, 0) is 19.0 Å². The number of hydrogen-bond donors (Lipinski definition) is 0. The zero-order chi connectivity index (χ0) is 10.1. The van der Waals surface area contributed by atoms with Crippen molar-refractivity contribution in [1.29, 1.82) is 0 Å². The molecule has 0 N–H and O–H groups in total. The summed E-state index contributed by atoms with van der Waals surface area (Å²) >= 11 is 0. The van der Waals surface area contributed by atoms with Gasteiger partial charge in [0.15, 0.2) is 5.76 Å². The molecule has 0 saturated carbocycles. The van der Waals surface area contributed by atoms with Crippen LogP contribution in [-0.4, -0.2) is 32.9 Å². The molecule has 4 heteroatoms. The molecule has 13 heavy (non-hydrogen) atoms. The highest BCUT2D eigenvalue weighted by atomic mass is 16.7. The molecule has 0 aromatic carbocycles. The van der Waals surface area contributed by atoms with E-state index in [4.69, 9.17) is 14.2 Å². The highest BCUT2D eigenvalue weighted by Crippen LogP contribution is 2.39. The highest BCUT2D eigenvalue weighted by Gasteiger charge is 2.56. The normalized spacial score (nSPS) is 19.8. The second kappa shape index (κ2) is 3.32. The van der Waals surface area contributed by atoms with Gasteiger partial charge in [-0.2, -0.15) is 0 Å². The van der Waals surface area contributed by atoms with Crippen LogP contribution >= 0.6 is 0 Å². The van der Waals surface area contributed by atoms with Gasteiger partial charge in [-0.1, -0.05) is 12.7 Å². The van der Waals surface area contributed by atoms with E-state index in [0.29, 0.717) is 11.3 Å². The smallest absolute Gasteiger partial charge is 0.294 e. The van der Waals surface area contributed by atoms with Crippen LogP contribution in [0.25, 0.3) is 0 Å². The van der Waals surface area contributed by atoms with Crippen LogP contribution in [0.2, 0.25) is 0 Å². The van der Waals surface area contributed by atoms with Gasteiger partial charge in [-0.15, -0.1) is 0 Å². The molecule has 1 aliphatic carbocycles. The van der Waals surface area contributed by atoms with Gasteiger partial charge in [-0.05, 0) is 0 Å². The molecule has 0 unspecified atom stereocenters. The largest absolute Gasteiger partial charge is 0.494 e. The van der Waals surface area contributed by atoms with Crippen molar-refractivity contribution >= 4 is 5.78 Å². The molecule has 0 atom stereocenters. The van der Waals surface area contributed by atoms with Crippen molar-refractivity contribution in [3.8, 4) is 0 Å². The Morgan fingerprint density at radius 1 is 1.31 bits per heavy atom. The van der Waals surface area contributed by atoms with E-state index in [1.807, 2.05) is 0 Å². The Morgan fingerprint density at radius 2 is 1.85 bits per heavy atom. The van der Waals surface area contributed by atoms with E-state index in [9.17, 15) is 4.79 Å². The molecular formula is C9H12O4. The van der Waals surface area contributed by atoms with Gasteiger partial charge < -0.3 is 14.2 Å². The van der Waals surface area contributed by atoms with Crippen molar-refractivity contribution < 1.29 is 19.0 Å². The van der Waals surface area contributed by atoms with Crippen molar-refractivity contribution in [3.63, 3.8) is 0 Å². The third-order valence-corrected chi connectivity index (χ3v) is 2.07. The summed E-state index contributed by atoms with van der Waals surface area (Å²) in [6.45, 7) is 3.50. The molecule has 0 radical (unpaired) electrons. The Hall–Kier alpha value is -1.13. The molecule has 0 aromatic rings. The zero-order valence-electron chi connectivity index (χ0n) is 7.92. The molecule has 0 heterocycles. The Balaban J connectivity index is 3.13. The Morgan fingerprint density at radius 3 is 2.15 bits per heavy atom. The average molecular weight is 184 g/mol. The fourth-order valence-corrected chi connectivity index (χ4v) is 1.38. The van der Waals surface area contributed by atoms with Crippen molar-refractivity contribution in [2.45, 2.75) is 5.79 Å². The van der Waals surface area contributed by atoms with Crippen LogP contribution in [0.15, 0.2) is 24.0 Å². The second-order valence-electron chi connectivity index (χ2n) is 2.51. The Bertz CT molecular complexity index is 273. The maximum absolute atomic E-state index is 11.5. The van der Waals surface area contributed by atoms with E-state index in [1.165, 1.54) is 27.4 Å². The molecule has 0 spiro atoms. The monoisotopic (exact) mass is 184 g/mol. The van der Waals surface area contributed by atoms with Gasteiger partial charge in [0.25, 0.3) is 5.79 Å². The van der Waals surface area contributed by atoms with E-state index in [-0.39, 0.29) is 5.78 Å². The van der Waals surface area contributed by atoms with E-state index < -0.39 is 5.79 Å². The second-order valence-corrected chi connectivity index (χ2v) is 2.51. The molecular weight excluding hydrogens is 172 g/mol. The van der Waals surface area contributed by atoms with Gasteiger partial charge in [0.05, 0.1) is 12.7 Å². The van der Waals surface area contributed by atoms with Crippen LogP contribution in [0, 0.1) is 0 Å². The molecule has 0 amide bonds. The summed E-state index contributed by atoms with van der Waals surface area (Å²) in [5, 5.41) is 0. The number of hydrogen-bond acceptors (Lipinski definition) is 4. The number of rotatable bonds is 4. The molecule has 0 saturated heterocycles. The summed E-state index contributed by atoms with van der Waals surface area (Å²) in [5.74, 6) is -1.24. The summed E-state index contributed by atoms with van der Waals surface area (Å²) in [6.07, 6.45) is 1.43. The highest BCUT2D eigenvalue weighted by molar-refractivity contribution is 6.12. The quantitative estimate of drug-likeness (QED) is 0.601. The fraction of sp³-hybridized carbons (Fsp3) is 0.444. The molecule has 0 fully saturated rings. The van der Waals surface area contributed by atoms with Crippen LogP contribution in [0.5, 0.6) is 0 Å². The minimum absolute atomic E-state index is 0.260. The van der Waals surface area contributed by atoms with Crippen LogP contribution < -0.4 is 0 Å². The standard InChI is InChI=1S/C9H12O4/c1-5-6-7(10)9(12-3,13-4)8(6)11-2/h5H,1H2,2-4H3. The molecule has 4 nitrogen and oxygen atoms in total. The van der Waals surface area contributed by atoms with Crippen molar-refractivity contribution in [2.24, 2.45) is 0 Å². The zero-order valence-corrected chi connectivity index (χ0v) is 7.92. The molecule has 72 valence electrons. The number of allylic oxidation sites excluding steroid dienone is 1. The predicted molar refractivity (Wildman–Crippen MR) is 46.0 cm³/mol. The van der Waals surface area contributed by atoms with Crippen LogP contribution in [0.3, 0.4) is 0 Å². The van der Waals surface area contributed by atoms with Crippen LogP contribution in [0.1, 0.15) is 0 Å². The summed E-state index contributed by atoms with van der Waals surface area (Å²) in [6, 6.07) is 0. The lowest BCUT2D eigenvalue weighted by atomic mass is 9.87. The maximum atomic E-state index is 11.5. The molecule has 1 aliphatic rings. The number of Topliss-reactive ketones (excluding diaryl/α,β-unsaturated/α-hetero) is 1. The van der Waals surface area contributed by atoms with Gasteiger partial charge in [0.2, 0.25) is 5.78 Å². The van der Waals surface area contributed by atoms with E-state index in [1.54, 1.807) is 0 Å². The first kappa shape index (κ1) is 9.95. The van der Waals surface area contributed by atoms with Crippen molar-refractivity contribution in [2.75, 3.05) is 21.3 Å². The fourth-order valence-electron chi connectivity index (χ4n) is 1.38. The van der Waals surface area contributed by atoms with Gasteiger partial charge in [-0.3, -0.25) is 4.79 Å². The van der Waals surface area contributed by atoms with Crippen molar-refractivity contribution in [3.05, 3.63) is 24.0 Å². The lowest BCUT2D eigenvalue weighted by Gasteiger charge is -2.38. The minimum Gasteiger partial charge on any atom is -0.494 e. The molecule has 0 bridgehead atoms. The number of methoxy groups -OCH3 is 3. The maximum Gasteiger partial charge on any atom is 0.294 e. The number of carbonyl (C=O) groups excluding carboxylic acids is 1. The summed E-state index contributed by atoms with van der Waals surface area (Å²) in [4.78, 5) is 11.5. The number of ether oxygens (including phenoxy) is 3. The lowest BCUT2D eigenvalue weighted by molar-refractivity contribution is -0.210. The SMILES string of the molecule is C=CC1=C(OC)C(OC)(OC)C1=O. The number of carbonyl (C=O) groups is 1. The predicted octanol–water partition coefficient (Wildman–Crippen LogP) is 0.645.